The second-order valence-electron chi connectivity index (χ2n) is 7.75. The van der Waals surface area contributed by atoms with Gasteiger partial charge in [0.05, 0.1) is 0 Å². The first-order chi connectivity index (χ1) is 12.8. The van der Waals surface area contributed by atoms with E-state index in [2.05, 4.69) is 26.0 Å². The topological polar surface area (TPSA) is 52.0 Å². The SMILES string of the molecule is CCCCCC=C(N)C(=CCCCCC)CCCCCCCCCCN. The molecule has 0 saturated heterocycles. The van der Waals surface area contributed by atoms with Crippen LogP contribution in [0, 0.1) is 0 Å². The van der Waals surface area contributed by atoms with E-state index in [0.29, 0.717) is 0 Å². The van der Waals surface area contributed by atoms with Gasteiger partial charge in [-0.3, -0.25) is 0 Å². The van der Waals surface area contributed by atoms with Gasteiger partial charge in [-0.25, -0.2) is 0 Å². The van der Waals surface area contributed by atoms with Gasteiger partial charge in [0.25, 0.3) is 0 Å². The van der Waals surface area contributed by atoms with Crippen LogP contribution in [0.15, 0.2) is 23.4 Å². The van der Waals surface area contributed by atoms with Gasteiger partial charge < -0.3 is 11.5 Å². The van der Waals surface area contributed by atoms with E-state index in [0.717, 1.165) is 25.1 Å². The molecule has 0 saturated carbocycles. The molecule has 0 radical (unpaired) electrons. The monoisotopic (exact) mass is 364 g/mol. The summed E-state index contributed by atoms with van der Waals surface area (Å²) in [5.74, 6) is 0. The van der Waals surface area contributed by atoms with Crippen LogP contribution >= 0.6 is 0 Å². The fourth-order valence-electron chi connectivity index (χ4n) is 3.34. The van der Waals surface area contributed by atoms with Crippen molar-refractivity contribution in [3.05, 3.63) is 23.4 Å². The third-order valence-corrected chi connectivity index (χ3v) is 5.14. The summed E-state index contributed by atoms with van der Waals surface area (Å²) in [4.78, 5) is 0. The van der Waals surface area contributed by atoms with Crippen molar-refractivity contribution in [2.45, 2.75) is 123 Å². The van der Waals surface area contributed by atoms with Crippen molar-refractivity contribution in [2.75, 3.05) is 6.54 Å². The van der Waals surface area contributed by atoms with Crippen LogP contribution in [-0.2, 0) is 0 Å². The van der Waals surface area contributed by atoms with Crippen LogP contribution in [0.2, 0.25) is 0 Å². The number of allylic oxidation sites excluding steroid dienone is 3. The Morgan fingerprint density at radius 2 is 1.12 bits per heavy atom. The first kappa shape index (κ1) is 25.2. The fourth-order valence-corrected chi connectivity index (χ4v) is 3.34. The third-order valence-electron chi connectivity index (χ3n) is 5.14. The van der Waals surface area contributed by atoms with E-state index >= 15 is 0 Å². The van der Waals surface area contributed by atoms with Gasteiger partial charge in [-0.2, -0.15) is 0 Å². The highest BCUT2D eigenvalue weighted by Crippen LogP contribution is 2.19. The van der Waals surface area contributed by atoms with Gasteiger partial charge in [-0.15, -0.1) is 0 Å². The molecule has 4 N–H and O–H groups in total. The van der Waals surface area contributed by atoms with Crippen molar-refractivity contribution in [3.63, 3.8) is 0 Å². The number of rotatable bonds is 19. The van der Waals surface area contributed by atoms with E-state index in [-0.39, 0.29) is 0 Å². The Hall–Kier alpha value is -0.760. The van der Waals surface area contributed by atoms with Crippen LogP contribution in [0.25, 0.3) is 0 Å². The molecule has 26 heavy (non-hydrogen) atoms. The van der Waals surface area contributed by atoms with E-state index in [1.165, 1.54) is 102 Å². The van der Waals surface area contributed by atoms with Gasteiger partial charge in [0.1, 0.15) is 0 Å². The fraction of sp³-hybridized carbons (Fsp3) is 0.833. The molecule has 0 heterocycles. The van der Waals surface area contributed by atoms with E-state index in [9.17, 15) is 0 Å². The lowest BCUT2D eigenvalue weighted by Gasteiger charge is -2.09. The standard InChI is InChI=1S/C24H48N2/c1-3-5-7-15-19-23(24(26)21-17-8-6-4-2)20-16-13-11-9-10-12-14-18-22-25/h19,21H,3-18,20,22,25-26H2,1-2H3. The Balaban J connectivity index is 4.10. The molecular weight excluding hydrogens is 316 g/mol. The molecule has 0 amide bonds. The zero-order chi connectivity index (χ0) is 19.3. The predicted octanol–water partition coefficient (Wildman–Crippen LogP) is 7.39. The molecule has 0 unspecified atom stereocenters. The van der Waals surface area contributed by atoms with Crippen LogP contribution in [0.5, 0.6) is 0 Å². The smallest absolute Gasteiger partial charge is 0.0302 e. The predicted molar refractivity (Wildman–Crippen MR) is 119 cm³/mol. The maximum absolute atomic E-state index is 6.41. The number of nitrogens with two attached hydrogens (primary N) is 2. The summed E-state index contributed by atoms with van der Waals surface area (Å²) in [7, 11) is 0. The number of hydrogen-bond donors (Lipinski definition) is 2. The molecule has 0 fully saturated rings. The molecule has 154 valence electrons. The van der Waals surface area contributed by atoms with Crippen molar-refractivity contribution in [2.24, 2.45) is 11.5 Å². The Morgan fingerprint density at radius 1 is 0.615 bits per heavy atom. The molecule has 0 aromatic carbocycles. The number of hydrogen-bond acceptors (Lipinski definition) is 2. The lowest BCUT2D eigenvalue weighted by molar-refractivity contribution is 0.569. The van der Waals surface area contributed by atoms with Crippen LogP contribution in [-0.4, -0.2) is 6.54 Å². The molecule has 0 aliphatic heterocycles. The van der Waals surface area contributed by atoms with Crippen LogP contribution in [0.1, 0.15) is 123 Å². The van der Waals surface area contributed by atoms with Gasteiger partial charge in [-0.1, -0.05) is 90.2 Å². The first-order valence-electron chi connectivity index (χ1n) is 11.6. The highest BCUT2D eigenvalue weighted by molar-refractivity contribution is 5.28. The molecule has 2 heteroatoms. The molecule has 0 aromatic heterocycles. The highest BCUT2D eigenvalue weighted by atomic mass is 14.6. The summed E-state index contributed by atoms with van der Waals surface area (Å²) in [5, 5.41) is 0. The minimum atomic E-state index is 0.848. The Kier molecular flexibility index (Phi) is 19.9. The molecule has 0 spiro atoms. The highest BCUT2D eigenvalue weighted by Gasteiger charge is 2.02. The minimum absolute atomic E-state index is 0.848. The van der Waals surface area contributed by atoms with E-state index in [1.54, 1.807) is 0 Å². The normalized spacial score (nSPS) is 12.7. The second kappa shape index (κ2) is 20.6. The zero-order valence-electron chi connectivity index (χ0n) is 18.0. The second-order valence-corrected chi connectivity index (χ2v) is 7.75. The first-order valence-corrected chi connectivity index (χ1v) is 11.6. The summed E-state index contributed by atoms with van der Waals surface area (Å²) < 4.78 is 0. The average molecular weight is 365 g/mol. The summed E-state index contributed by atoms with van der Waals surface area (Å²) in [6.07, 6.45) is 26.5. The van der Waals surface area contributed by atoms with Crippen LogP contribution in [0.4, 0.5) is 0 Å². The van der Waals surface area contributed by atoms with Crippen LogP contribution < -0.4 is 11.5 Å². The molecule has 0 atom stereocenters. The lowest BCUT2D eigenvalue weighted by atomic mass is 10.00. The summed E-state index contributed by atoms with van der Waals surface area (Å²) in [6, 6.07) is 0. The Bertz CT molecular complexity index is 344. The van der Waals surface area contributed by atoms with Gasteiger partial charge in [0, 0.05) is 5.70 Å². The van der Waals surface area contributed by atoms with Crippen molar-refractivity contribution in [1.82, 2.24) is 0 Å². The maximum atomic E-state index is 6.41. The molecule has 2 nitrogen and oxygen atoms in total. The Morgan fingerprint density at radius 3 is 1.65 bits per heavy atom. The lowest BCUT2D eigenvalue weighted by Crippen LogP contribution is -2.02. The van der Waals surface area contributed by atoms with Gasteiger partial charge >= 0.3 is 0 Å². The molecular formula is C24H48N2. The summed E-state index contributed by atoms with van der Waals surface area (Å²) in [6.45, 7) is 5.37. The molecule has 0 aromatic rings. The van der Waals surface area contributed by atoms with Crippen LogP contribution in [0.3, 0.4) is 0 Å². The summed E-state index contributed by atoms with van der Waals surface area (Å²) >= 11 is 0. The maximum Gasteiger partial charge on any atom is 0.0302 e. The van der Waals surface area contributed by atoms with Gasteiger partial charge in [0.15, 0.2) is 0 Å². The number of unbranched alkanes of at least 4 members (excludes halogenated alkanes) is 13. The molecule has 0 bridgehead atoms. The van der Waals surface area contributed by atoms with Gasteiger partial charge in [-0.05, 0) is 57.1 Å². The van der Waals surface area contributed by atoms with Crippen molar-refractivity contribution >= 4 is 0 Å². The molecule has 0 aliphatic rings. The third kappa shape index (κ3) is 16.7. The van der Waals surface area contributed by atoms with Gasteiger partial charge in [0.2, 0.25) is 0 Å². The quantitative estimate of drug-likeness (QED) is 0.185. The van der Waals surface area contributed by atoms with Crippen molar-refractivity contribution in [3.8, 4) is 0 Å². The van der Waals surface area contributed by atoms with Crippen molar-refractivity contribution in [1.29, 1.82) is 0 Å². The van der Waals surface area contributed by atoms with Crippen molar-refractivity contribution < 1.29 is 0 Å². The average Bonchev–Trinajstić information content (AvgIpc) is 2.65. The largest absolute Gasteiger partial charge is 0.399 e. The van der Waals surface area contributed by atoms with E-state index in [1.807, 2.05) is 0 Å². The Labute approximate surface area is 164 Å². The minimum Gasteiger partial charge on any atom is -0.399 e. The molecule has 0 rings (SSSR count). The zero-order valence-corrected chi connectivity index (χ0v) is 18.0. The summed E-state index contributed by atoms with van der Waals surface area (Å²) in [5.41, 5.74) is 14.4. The van der Waals surface area contributed by atoms with E-state index in [4.69, 9.17) is 11.5 Å². The van der Waals surface area contributed by atoms with E-state index < -0.39 is 0 Å². The molecule has 0 aliphatic carbocycles.